The monoisotopic (exact) mass is 234 g/mol. The number of carbonyl (C=O) groups is 1. The lowest BCUT2D eigenvalue weighted by Gasteiger charge is -1.83. The third-order valence-electron chi connectivity index (χ3n) is 0.325. The fourth-order valence-corrected chi connectivity index (χ4v) is 0.959. The van der Waals surface area contributed by atoms with Crippen LogP contribution in [0.15, 0.2) is 0 Å². The zero-order valence-corrected chi connectivity index (χ0v) is 6.46. The Morgan fingerprint density at radius 3 is 2.57 bits per heavy atom. The maximum absolute atomic E-state index is 11.2. The van der Waals surface area contributed by atoms with E-state index in [1.807, 2.05) is 22.6 Å². The van der Waals surface area contributed by atoms with Crippen molar-refractivity contribution in [2.45, 2.75) is 0 Å². The zero-order valence-electron chi connectivity index (χ0n) is 3.49. The quantitative estimate of drug-likeness (QED) is 0.533. The van der Waals surface area contributed by atoms with E-state index in [-0.39, 0.29) is 5.12 Å². The number of alkyl halides is 2. The third kappa shape index (κ3) is 4.53. The molecule has 0 heterocycles. The van der Waals surface area contributed by atoms with Crippen LogP contribution in [0.3, 0.4) is 0 Å². The highest BCUT2D eigenvalue weighted by Gasteiger charge is 1.95. The van der Waals surface area contributed by atoms with Gasteiger partial charge in [-0.05, 0) is 0 Å². The zero-order chi connectivity index (χ0) is 5.70. The number of rotatable bonds is 2. The number of hydrogen-bond donors (Lipinski definition) is 0. The molecule has 4 heteroatoms. The van der Waals surface area contributed by atoms with Gasteiger partial charge in [-0.3, -0.25) is 4.79 Å². The van der Waals surface area contributed by atoms with Gasteiger partial charge >= 0.3 is 0 Å². The second-order valence-corrected chi connectivity index (χ2v) is 2.48. The largest absolute Gasteiger partial charge is 0.286 e. The molecule has 7 heavy (non-hydrogen) atoms. The van der Waals surface area contributed by atoms with Crippen LogP contribution in [0.4, 0.5) is 4.39 Å². The van der Waals surface area contributed by atoms with Gasteiger partial charge in [0.15, 0.2) is 0 Å². The highest BCUT2D eigenvalue weighted by Crippen LogP contribution is 2.03. The lowest BCUT2D eigenvalue weighted by molar-refractivity contribution is -0.108. The fourth-order valence-electron chi connectivity index (χ4n) is 0.0994. The van der Waals surface area contributed by atoms with Crippen molar-refractivity contribution in [3.05, 3.63) is 0 Å². The average molecular weight is 234 g/mol. The van der Waals surface area contributed by atoms with Crippen LogP contribution in [0, 0.1) is 0 Å². The highest BCUT2D eigenvalue weighted by molar-refractivity contribution is 14.1. The number of carbonyl (C=O) groups excluding carboxylic acids is 1. The predicted octanol–water partition coefficient (Wildman–Crippen LogP) is 1.61. The van der Waals surface area contributed by atoms with Gasteiger partial charge in [0.1, 0.15) is 6.01 Å². The first-order valence-electron chi connectivity index (χ1n) is 1.58. The van der Waals surface area contributed by atoms with Crippen LogP contribution >= 0.6 is 34.4 Å². The van der Waals surface area contributed by atoms with Crippen LogP contribution in [-0.2, 0) is 4.79 Å². The molecular weight excluding hydrogens is 230 g/mol. The molecule has 1 nitrogen and oxygen atoms in total. The molecule has 0 unspecified atom stereocenters. The van der Waals surface area contributed by atoms with Crippen LogP contribution in [0.2, 0.25) is 0 Å². The first-order chi connectivity index (χ1) is 3.31. The van der Waals surface area contributed by atoms with Crippen molar-refractivity contribution in [3.8, 4) is 0 Å². The second kappa shape index (κ2) is 4.83. The molecule has 42 valence electrons. The number of hydrogen-bond acceptors (Lipinski definition) is 2. The molecule has 0 aliphatic carbocycles. The standard InChI is InChI=1S/C3H4FIOS/c4-2-7-3(6)1-5/h1-2H2. The van der Waals surface area contributed by atoms with Gasteiger partial charge in [-0.2, -0.15) is 0 Å². The normalized spacial score (nSPS) is 8.86. The van der Waals surface area contributed by atoms with E-state index in [1.54, 1.807) is 0 Å². The fraction of sp³-hybridized carbons (Fsp3) is 0.667. The molecule has 0 amide bonds. The van der Waals surface area contributed by atoms with E-state index in [2.05, 4.69) is 0 Å². The molecule has 0 bridgehead atoms. The van der Waals surface area contributed by atoms with Gasteiger partial charge in [0, 0.05) is 0 Å². The van der Waals surface area contributed by atoms with Crippen LogP contribution in [0.5, 0.6) is 0 Å². The minimum absolute atomic E-state index is 0.0944. The van der Waals surface area contributed by atoms with E-state index in [9.17, 15) is 9.18 Å². The van der Waals surface area contributed by atoms with E-state index in [4.69, 9.17) is 0 Å². The van der Waals surface area contributed by atoms with Crippen molar-refractivity contribution in [1.29, 1.82) is 0 Å². The summed E-state index contributed by atoms with van der Waals surface area (Å²) in [6.45, 7) is 0. The number of halogens is 2. The molecule has 0 atom stereocenters. The Hall–Kier alpha value is 0.680. The summed E-state index contributed by atoms with van der Waals surface area (Å²) < 4.78 is 11.6. The Kier molecular flexibility index (Phi) is 5.30. The molecular formula is C3H4FIOS. The molecule has 0 aromatic rings. The molecule has 0 saturated heterocycles. The molecule has 0 saturated carbocycles. The molecule has 0 aliphatic rings. The van der Waals surface area contributed by atoms with Crippen LogP contribution in [-0.4, -0.2) is 15.5 Å². The Balaban J connectivity index is 3.00. The maximum atomic E-state index is 11.2. The maximum Gasteiger partial charge on any atom is 0.201 e. The van der Waals surface area contributed by atoms with Crippen LogP contribution in [0.1, 0.15) is 0 Å². The first-order valence-corrected chi connectivity index (χ1v) is 4.10. The smallest absolute Gasteiger partial charge is 0.201 e. The van der Waals surface area contributed by atoms with E-state index in [1.165, 1.54) is 0 Å². The summed E-state index contributed by atoms with van der Waals surface area (Å²) in [5.41, 5.74) is 0. The minimum Gasteiger partial charge on any atom is -0.286 e. The third-order valence-corrected chi connectivity index (χ3v) is 2.11. The van der Waals surface area contributed by atoms with E-state index in [0.717, 1.165) is 11.8 Å². The van der Waals surface area contributed by atoms with Gasteiger partial charge in [0.2, 0.25) is 5.12 Å². The lowest BCUT2D eigenvalue weighted by Crippen LogP contribution is -1.89. The summed E-state index contributed by atoms with van der Waals surface area (Å²) >= 11 is 2.62. The van der Waals surface area contributed by atoms with Crippen molar-refractivity contribution < 1.29 is 9.18 Å². The van der Waals surface area contributed by atoms with Gasteiger partial charge in [-0.15, -0.1) is 0 Å². The molecule has 0 spiro atoms. The predicted molar refractivity (Wildman–Crippen MR) is 37.5 cm³/mol. The SMILES string of the molecule is O=C(CI)SCF. The van der Waals surface area contributed by atoms with E-state index >= 15 is 0 Å². The molecule has 0 N–H and O–H groups in total. The van der Waals surface area contributed by atoms with Crippen LogP contribution < -0.4 is 0 Å². The van der Waals surface area contributed by atoms with Gasteiger partial charge in [-0.1, -0.05) is 34.4 Å². The van der Waals surface area contributed by atoms with Gasteiger partial charge in [0.05, 0.1) is 4.43 Å². The second-order valence-electron chi connectivity index (χ2n) is 0.759. The van der Waals surface area contributed by atoms with Crippen molar-refractivity contribution in [3.63, 3.8) is 0 Å². The van der Waals surface area contributed by atoms with Crippen molar-refractivity contribution >= 4 is 39.5 Å². The summed E-state index contributed by atoms with van der Waals surface area (Å²) in [7, 11) is 0. The Morgan fingerprint density at radius 2 is 2.43 bits per heavy atom. The van der Waals surface area contributed by atoms with Gasteiger partial charge < -0.3 is 0 Å². The van der Waals surface area contributed by atoms with E-state index < -0.39 is 6.01 Å². The molecule has 0 aliphatic heterocycles. The van der Waals surface area contributed by atoms with Crippen molar-refractivity contribution in [2.24, 2.45) is 0 Å². The Morgan fingerprint density at radius 1 is 1.86 bits per heavy atom. The molecule has 0 rings (SSSR count). The van der Waals surface area contributed by atoms with Gasteiger partial charge in [0.25, 0.3) is 0 Å². The summed E-state index contributed by atoms with van der Waals surface area (Å²) in [6, 6.07) is -0.595. The van der Waals surface area contributed by atoms with Crippen LogP contribution in [0.25, 0.3) is 0 Å². The Labute approximate surface area is 59.2 Å². The minimum atomic E-state index is -0.595. The number of thioether (sulfide) groups is 1. The van der Waals surface area contributed by atoms with Gasteiger partial charge in [-0.25, -0.2) is 4.39 Å². The molecule has 0 aromatic carbocycles. The molecule has 0 radical (unpaired) electrons. The lowest BCUT2D eigenvalue weighted by atomic mass is 10.9. The summed E-state index contributed by atoms with van der Waals surface area (Å²) in [4.78, 5) is 10.1. The average Bonchev–Trinajstić information content (AvgIpc) is 1.68. The Bertz CT molecular complexity index is 68.0. The summed E-state index contributed by atoms with van der Waals surface area (Å²) in [6.07, 6.45) is 0. The van der Waals surface area contributed by atoms with Crippen molar-refractivity contribution in [1.82, 2.24) is 0 Å². The summed E-state index contributed by atoms with van der Waals surface area (Å²) in [5.74, 6) is 0. The molecule has 0 fully saturated rings. The topological polar surface area (TPSA) is 17.1 Å². The molecule has 0 aromatic heterocycles. The highest BCUT2D eigenvalue weighted by atomic mass is 127. The first kappa shape index (κ1) is 7.68. The summed E-state index contributed by atoms with van der Waals surface area (Å²) in [5, 5.41) is -0.0944. The van der Waals surface area contributed by atoms with Crippen molar-refractivity contribution in [2.75, 3.05) is 10.4 Å². The van der Waals surface area contributed by atoms with E-state index in [0.29, 0.717) is 4.43 Å².